The lowest BCUT2D eigenvalue weighted by molar-refractivity contribution is -0.126. The molecule has 0 aliphatic carbocycles. The Morgan fingerprint density at radius 2 is 1.87 bits per heavy atom. The first kappa shape index (κ1) is 15.1. The zero-order valence-electron chi connectivity index (χ0n) is 13.2. The highest BCUT2D eigenvalue weighted by molar-refractivity contribution is 6.04. The van der Waals surface area contributed by atoms with Crippen molar-refractivity contribution in [2.24, 2.45) is 0 Å². The third-order valence-corrected chi connectivity index (χ3v) is 4.04. The normalized spacial score (nSPS) is 17.3. The van der Waals surface area contributed by atoms with Crippen molar-refractivity contribution in [2.75, 3.05) is 14.2 Å². The minimum Gasteiger partial charge on any atom is -0.497 e. The summed E-state index contributed by atoms with van der Waals surface area (Å²) >= 11 is 0. The Bertz CT molecular complexity index is 757. The zero-order valence-corrected chi connectivity index (χ0v) is 13.2. The van der Waals surface area contributed by atoms with Gasteiger partial charge in [0.15, 0.2) is 5.96 Å². The Balaban J connectivity index is 1.83. The van der Waals surface area contributed by atoms with Crippen LogP contribution in [-0.4, -0.2) is 37.0 Å². The van der Waals surface area contributed by atoms with Gasteiger partial charge in [-0.1, -0.05) is 36.4 Å². The number of carbonyl (C=O) groups is 1. The first-order chi connectivity index (χ1) is 11.1. The van der Waals surface area contributed by atoms with Gasteiger partial charge in [0.1, 0.15) is 11.8 Å². The van der Waals surface area contributed by atoms with Crippen molar-refractivity contribution in [3.63, 3.8) is 0 Å². The number of rotatable bonds is 4. The molecule has 1 aliphatic rings. The minimum atomic E-state index is -0.368. The van der Waals surface area contributed by atoms with Gasteiger partial charge in [-0.3, -0.25) is 15.1 Å². The summed E-state index contributed by atoms with van der Waals surface area (Å²) < 4.78 is 5.27. The lowest BCUT2D eigenvalue weighted by Gasteiger charge is -2.10. The molecule has 1 fully saturated rings. The molecule has 1 saturated heterocycles. The number of hydrogen-bond donors (Lipinski definition) is 2. The van der Waals surface area contributed by atoms with Gasteiger partial charge in [0.2, 0.25) is 0 Å². The summed E-state index contributed by atoms with van der Waals surface area (Å²) in [6.07, 6.45) is 0.559. The summed E-state index contributed by atoms with van der Waals surface area (Å²) in [5.74, 6) is 0.904. The van der Waals surface area contributed by atoms with E-state index in [2.05, 4.69) is 11.4 Å². The molecule has 1 amide bonds. The van der Waals surface area contributed by atoms with E-state index >= 15 is 0 Å². The second-order valence-corrected chi connectivity index (χ2v) is 5.58. The third kappa shape index (κ3) is 3.04. The highest BCUT2D eigenvalue weighted by Crippen LogP contribution is 2.25. The van der Waals surface area contributed by atoms with Crippen molar-refractivity contribution >= 4 is 11.9 Å². The van der Waals surface area contributed by atoms with E-state index < -0.39 is 0 Å². The molecule has 0 bridgehead atoms. The minimum absolute atomic E-state index is 0.0678. The van der Waals surface area contributed by atoms with Gasteiger partial charge in [-0.15, -0.1) is 0 Å². The molecule has 118 valence electrons. The van der Waals surface area contributed by atoms with Crippen LogP contribution in [-0.2, 0) is 11.2 Å². The summed E-state index contributed by atoms with van der Waals surface area (Å²) in [5.41, 5.74) is 3.20. The van der Waals surface area contributed by atoms with Gasteiger partial charge < -0.3 is 10.1 Å². The Morgan fingerprint density at radius 1 is 1.17 bits per heavy atom. The molecule has 5 heteroatoms. The number of guanidine groups is 1. The maximum Gasteiger partial charge on any atom is 0.251 e. The average molecular weight is 309 g/mol. The Labute approximate surface area is 135 Å². The van der Waals surface area contributed by atoms with Crippen LogP contribution in [0.3, 0.4) is 0 Å². The van der Waals surface area contributed by atoms with Crippen LogP contribution in [0.2, 0.25) is 0 Å². The molecule has 0 saturated carbocycles. The van der Waals surface area contributed by atoms with E-state index in [1.54, 1.807) is 14.2 Å². The van der Waals surface area contributed by atoms with E-state index in [1.807, 2.05) is 42.5 Å². The number of carbonyl (C=O) groups excluding carboxylic acids is 1. The monoisotopic (exact) mass is 309 g/mol. The van der Waals surface area contributed by atoms with Gasteiger partial charge in [-0.2, -0.15) is 0 Å². The fourth-order valence-corrected chi connectivity index (χ4v) is 2.72. The number of benzene rings is 2. The van der Waals surface area contributed by atoms with Crippen LogP contribution in [0.4, 0.5) is 0 Å². The first-order valence-corrected chi connectivity index (χ1v) is 7.44. The fourth-order valence-electron chi connectivity index (χ4n) is 2.72. The van der Waals surface area contributed by atoms with Crippen molar-refractivity contribution in [3.05, 3.63) is 54.1 Å². The second kappa shape index (κ2) is 6.12. The molecule has 1 aliphatic heterocycles. The van der Waals surface area contributed by atoms with Crippen LogP contribution in [0, 0.1) is 5.41 Å². The van der Waals surface area contributed by atoms with Crippen LogP contribution < -0.4 is 10.1 Å². The number of nitrogens with zero attached hydrogens (tertiary/aromatic N) is 1. The molecule has 2 aromatic rings. The maximum absolute atomic E-state index is 12.1. The zero-order chi connectivity index (χ0) is 16.4. The molecule has 1 heterocycles. The van der Waals surface area contributed by atoms with Gasteiger partial charge in [0.25, 0.3) is 5.91 Å². The number of ether oxygens (including phenoxy) is 1. The first-order valence-electron chi connectivity index (χ1n) is 7.44. The van der Waals surface area contributed by atoms with Gasteiger partial charge in [-0.05, 0) is 28.8 Å². The van der Waals surface area contributed by atoms with Crippen molar-refractivity contribution < 1.29 is 9.53 Å². The summed E-state index contributed by atoms with van der Waals surface area (Å²) in [7, 11) is 3.27. The molecule has 5 nitrogen and oxygen atoms in total. The second-order valence-electron chi connectivity index (χ2n) is 5.58. The molecule has 1 atom stereocenters. The molecule has 23 heavy (non-hydrogen) atoms. The third-order valence-electron chi connectivity index (χ3n) is 4.04. The quantitative estimate of drug-likeness (QED) is 0.910. The van der Waals surface area contributed by atoms with Gasteiger partial charge >= 0.3 is 0 Å². The standard InChI is InChI=1S/C18H19N3O2/c1-21-17(22)16(20-18(21)19)10-12-5-3-6-13(9-12)14-7-4-8-15(11-14)23-2/h3-9,11,16H,10H2,1-2H3,(H2,19,20). The van der Waals surface area contributed by atoms with Crippen LogP contribution in [0.5, 0.6) is 5.75 Å². The molecular weight excluding hydrogens is 290 g/mol. The maximum atomic E-state index is 12.1. The Morgan fingerprint density at radius 3 is 2.52 bits per heavy atom. The number of nitrogens with one attached hydrogen (secondary N) is 2. The highest BCUT2D eigenvalue weighted by atomic mass is 16.5. The van der Waals surface area contributed by atoms with Gasteiger partial charge in [0.05, 0.1) is 7.11 Å². The van der Waals surface area contributed by atoms with E-state index in [4.69, 9.17) is 10.1 Å². The number of amides is 1. The number of methoxy groups -OCH3 is 1. The van der Waals surface area contributed by atoms with Gasteiger partial charge in [-0.25, -0.2) is 0 Å². The van der Waals surface area contributed by atoms with Crippen LogP contribution in [0.25, 0.3) is 11.1 Å². The summed E-state index contributed by atoms with van der Waals surface area (Å²) in [6.45, 7) is 0. The lowest BCUT2D eigenvalue weighted by Crippen LogP contribution is -2.31. The van der Waals surface area contributed by atoms with E-state index in [0.29, 0.717) is 6.42 Å². The molecule has 0 spiro atoms. The molecule has 1 unspecified atom stereocenters. The van der Waals surface area contributed by atoms with E-state index in [0.717, 1.165) is 22.4 Å². The van der Waals surface area contributed by atoms with Crippen molar-refractivity contribution in [2.45, 2.75) is 12.5 Å². The molecule has 0 radical (unpaired) electrons. The average Bonchev–Trinajstić information content (AvgIpc) is 2.82. The van der Waals surface area contributed by atoms with Gasteiger partial charge in [0, 0.05) is 13.5 Å². The Kier molecular flexibility index (Phi) is 4.02. The topological polar surface area (TPSA) is 65.4 Å². The number of hydrogen-bond acceptors (Lipinski definition) is 3. The fraction of sp³-hybridized carbons (Fsp3) is 0.222. The van der Waals surface area contributed by atoms with Crippen LogP contribution >= 0.6 is 0 Å². The SMILES string of the molecule is COc1cccc(-c2cccc(CC3NC(=N)N(C)C3=O)c2)c1. The summed E-state index contributed by atoms with van der Waals surface area (Å²) in [6, 6.07) is 15.6. The smallest absolute Gasteiger partial charge is 0.251 e. The van der Waals surface area contributed by atoms with E-state index in [1.165, 1.54) is 4.90 Å². The molecule has 2 aromatic carbocycles. The van der Waals surface area contributed by atoms with Crippen LogP contribution in [0.15, 0.2) is 48.5 Å². The van der Waals surface area contributed by atoms with Crippen molar-refractivity contribution in [1.29, 1.82) is 5.41 Å². The molecular formula is C18H19N3O2. The Hall–Kier alpha value is -2.82. The summed E-state index contributed by atoms with van der Waals surface area (Å²) in [4.78, 5) is 13.4. The molecule has 2 N–H and O–H groups in total. The summed E-state index contributed by atoms with van der Waals surface area (Å²) in [5, 5.41) is 10.6. The van der Waals surface area contributed by atoms with Crippen molar-refractivity contribution in [1.82, 2.24) is 10.2 Å². The molecule has 0 aromatic heterocycles. The van der Waals surface area contributed by atoms with E-state index in [9.17, 15) is 4.79 Å². The van der Waals surface area contributed by atoms with Crippen molar-refractivity contribution in [3.8, 4) is 16.9 Å². The highest BCUT2D eigenvalue weighted by Gasteiger charge is 2.32. The lowest BCUT2D eigenvalue weighted by atomic mass is 9.99. The molecule has 3 rings (SSSR count). The number of likely N-dealkylation sites (N-methyl/N-ethyl adjacent to an activating group) is 1. The van der Waals surface area contributed by atoms with Crippen LogP contribution in [0.1, 0.15) is 5.56 Å². The predicted octanol–water partition coefficient (Wildman–Crippen LogP) is 2.27. The van der Waals surface area contributed by atoms with E-state index in [-0.39, 0.29) is 17.9 Å². The predicted molar refractivity (Wildman–Crippen MR) is 89.6 cm³/mol. The largest absolute Gasteiger partial charge is 0.497 e.